The van der Waals surface area contributed by atoms with Crippen molar-refractivity contribution in [3.8, 4) is 11.5 Å². The molecule has 0 amide bonds. The van der Waals surface area contributed by atoms with Gasteiger partial charge in [0.05, 0.1) is 5.02 Å². The SMILES string of the molecule is CCc1ccc(Oc2ccc(C(=N)N)c(Cl)c2)cc1. The first-order valence-corrected chi connectivity index (χ1v) is 6.38. The molecule has 2 aromatic rings. The van der Waals surface area contributed by atoms with Crippen molar-refractivity contribution in [2.75, 3.05) is 0 Å². The highest BCUT2D eigenvalue weighted by molar-refractivity contribution is 6.34. The smallest absolute Gasteiger partial charge is 0.128 e. The van der Waals surface area contributed by atoms with E-state index in [0.29, 0.717) is 16.3 Å². The van der Waals surface area contributed by atoms with Crippen LogP contribution in [0.5, 0.6) is 11.5 Å². The minimum atomic E-state index is -0.0520. The Morgan fingerprint density at radius 2 is 1.79 bits per heavy atom. The van der Waals surface area contributed by atoms with Gasteiger partial charge in [-0.2, -0.15) is 0 Å². The summed E-state index contributed by atoms with van der Waals surface area (Å²) in [5.74, 6) is 1.33. The summed E-state index contributed by atoms with van der Waals surface area (Å²) in [6, 6.07) is 13.0. The van der Waals surface area contributed by atoms with Crippen LogP contribution in [0.25, 0.3) is 0 Å². The third-order valence-corrected chi connectivity index (χ3v) is 3.11. The zero-order chi connectivity index (χ0) is 13.8. The van der Waals surface area contributed by atoms with E-state index in [1.165, 1.54) is 5.56 Å². The number of nitrogens with two attached hydrogens (primary N) is 1. The lowest BCUT2D eigenvalue weighted by Gasteiger charge is -2.08. The first-order valence-electron chi connectivity index (χ1n) is 6.01. The molecule has 0 unspecified atom stereocenters. The van der Waals surface area contributed by atoms with Crippen LogP contribution in [0.3, 0.4) is 0 Å². The van der Waals surface area contributed by atoms with Gasteiger partial charge in [0, 0.05) is 11.6 Å². The first kappa shape index (κ1) is 13.4. The second-order valence-electron chi connectivity index (χ2n) is 4.15. The van der Waals surface area contributed by atoms with Crippen molar-refractivity contribution in [2.45, 2.75) is 13.3 Å². The predicted molar refractivity (Wildman–Crippen MR) is 78.4 cm³/mol. The number of hydrogen-bond acceptors (Lipinski definition) is 2. The lowest BCUT2D eigenvalue weighted by molar-refractivity contribution is 0.482. The fourth-order valence-corrected chi connectivity index (χ4v) is 1.98. The molecule has 98 valence electrons. The van der Waals surface area contributed by atoms with E-state index in [4.69, 9.17) is 27.5 Å². The van der Waals surface area contributed by atoms with Gasteiger partial charge in [-0.1, -0.05) is 30.7 Å². The average Bonchev–Trinajstić information content (AvgIpc) is 2.39. The molecule has 3 nitrogen and oxygen atoms in total. The molecule has 0 aliphatic carbocycles. The number of ether oxygens (including phenoxy) is 1. The zero-order valence-electron chi connectivity index (χ0n) is 10.6. The summed E-state index contributed by atoms with van der Waals surface area (Å²) in [5, 5.41) is 7.78. The van der Waals surface area contributed by atoms with E-state index in [9.17, 15) is 0 Å². The van der Waals surface area contributed by atoms with Crippen molar-refractivity contribution in [1.82, 2.24) is 0 Å². The van der Waals surface area contributed by atoms with Crippen molar-refractivity contribution in [1.29, 1.82) is 5.41 Å². The largest absolute Gasteiger partial charge is 0.457 e. The summed E-state index contributed by atoms with van der Waals surface area (Å²) in [6.45, 7) is 2.11. The molecule has 0 fully saturated rings. The van der Waals surface area contributed by atoms with Crippen LogP contribution in [0.4, 0.5) is 0 Å². The predicted octanol–water partition coefficient (Wildman–Crippen LogP) is 3.98. The molecule has 19 heavy (non-hydrogen) atoms. The van der Waals surface area contributed by atoms with Crippen LogP contribution < -0.4 is 10.5 Å². The van der Waals surface area contributed by atoms with E-state index in [1.54, 1.807) is 18.2 Å². The Morgan fingerprint density at radius 1 is 1.16 bits per heavy atom. The van der Waals surface area contributed by atoms with Crippen molar-refractivity contribution in [2.24, 2.45) is 5.73 Å². The molecule has 4 heteroatoms. The molecule has 0 aromatic heterocycles. The normalized spacial score (nSPS) is 10.2. The highest BCUT2D eigenvalue weighted by Crippen LogP contribution is 2.26. The van der Waals surface area contributed by atoms with Crippen LogP contribution in [-0.4, -0.2) is 5.84 Å². The Morgan fingerprint density at radius 3 is 2.32 bits per heavy atom. The minimum absolute atomic E-state index is 0.0520. The van der Waals surface area contributed by atoms with Crippen molar-refractivity contribution in [3.63, 3.8) is 0 Å². The Bertz CT molecular complexity index is 594. The fraction of sp³-hybridized carbons (Fsp3) is 0.133. The lowest BCUT2D eigenvalue weighted by Crippen LogP contribution is -2.11. The molecule has 0 heterocycles. The highest BCUT2D eigenvalue weighted by atomic mass is 35.5. The van der Waals surface area contributed by atoms with Crippen LogP contribution in [0.2, 0.25) is 5.02 Å². The molecule has 2 aromatic carbocycles. The summed E-state index contributed by atoms with van der Waals surface area (Å²) in [4.78, 5) is 0. The van der Waals surface area contributed by atoms with Crippen LogP contribution in [-0.2, 0) is 6.42 Å². The monoisotopic (exact) mass is 274 g/mol. The number of rotatable bonds is 4. The maximum Gasteiger partial charge on any atom is 0.128 e. The number of nitrogen functional groups attached to an aromatic ring is 1. The van der Waals surface area contributed by atoms with E-state index in [-0.39, 0.29) is 5.84 Å². The number of halogens is 1. The van der Waals surface area contributed by atoms with Crippen LogP contribution in [0.15, 0.2) is 42.5 Å². The minimum Gasteiger partial charge on any atom is -0.457 e. The Balaban J connectivity index is 2.18. The molecular formula is C15H15ClN2O. The number of nitrogens with one attached hydrogen (secondary N) is 1. The molecule has 0 radical (unpaired) electrons. The van der Waals surface area contributed by atoms with E-state index >= 15 is 0 Å². The second-order valence-corrected chi connectivity index (χ2v) is 4.56. The van der Waals surface area contributed by atoms with Gasteiger partial charge in [-0.05, 0) is 36.2 Å². The van der Waals surface area contributed by atoms with E-state index < -0.39 is 0 Å². The maximum absolute atomic E-state index is 7.37. The fourth-order valence-electron chi connectivity index (χ4n) is 1.71. The topological polar surface area (TPSA) is 59.1 Å². The van der Waals surface area contributed by atoms with Gasteiger partial charge in [0.1, 0.15) is 17.3 Å². The van der Waals surface area contributed by atoms with Crippen molar-refractivity contribution >= 4 is 17.4 Å². The van der Waals surface area contributed by atoms with Crippen LogP contribution in [0, 0.1) is 5.41 Å². The van der Waals surface area contributed by atoms with E-state index in [2.05, 4.69) is 6.92 Å². The van der Waals surface area contributed by atoms with Crippen LogP contribution in [0.1, 0.15) is 18.1 Å². The molecule has 0 atom stereocenters. The molecule has 0 aliphatic heterocycles. The Hall–Kier alpha value is -2.00. The summed E-state index contributed by atoms with van der Waals surface area (Å²) in [5.41, 5.74) is 7.18. The Labute approximate surface area is 117 Å². The molecule has 0 saturated heterocycles. The highest BCUT2D eigenvalue weighted by Gasteiger charge is 2.05. The third-order valence-electron chi connectivity index (χ3n) is 2.80. The van der Waals surface area contributed by atoms with Crippen LogP contribution >= 0.6 is 11.6 Å². The molecule has 3 N–H and O–H groups in total. The molecular weight excluding hydrogens is 260 g/mol. The standard InChI is InChI=1S/C15H15ClN2O/c1-2-10-3-5-11(6-4-10)19-12-7-8-13(15(17)18)14(16)9-12/h3-9H,2H2,1H3,(H3,17,18). The molecule has 0 saturated carbocycles. The maximum atomic E-state index is 7.37. The number of benzene rings is 2. The quantitative estimate of drug-likeness (QED) is 0.654. The van der Waals surface area contributed by atoms with Gasteiger partial charge < -0.3 is 10.5 Å². The van der Waals surface area contributed by atoms with Gasteiger partial charge in [-0.25, -0.2) is 0 Å². The molecule has 0 bridgehead atoms. The van der Waals surface area contributed by atoms with E-state index in [1.807, 2.05) is 24.3 Å². The van der Waals surface area contributed by atoms with Gasteiger partial charge in [-0.3, -0.25) is 5.41 Å². The lowest BCUT2D eigenvalue weighted by atomic mass is 10.2. The van der Waals surface area contributed by atoms with Crippen molar-refractivity contribution in [3.05, 3.63) is 58.6 Å². The third kappa shape index (κ3) is 3.26. The number of amidine groups is 1. The molecule has 0 aliphatic rings. The first-order chi connectivity index (χ1) is 9.10. The van der Waals surface area contributed by atoms with Gasteiger partial charge in [0.2, 0.25) is 0 Å². The summed E-state index contributed by atoms with van der Waals surface area (Å²) < 4.78 is 5.70. The van der Waals surface area contributed by atoms with Crippen molar-refractivity contribution < 1.29 is 4.74 Å². The average molecular weight is 275 g/mol. The van der Waals surface area contributed by atoms with Gasteiger partial charge in [0.15, 0.2) is 0 Å². The Kier molecular flexibility index (Phi) is 4.07. The zero-order valence-corrected chi connectivity index (χ0v) is 11.4. The second kappa shape index (κ2) is 5.76. The van der Waals surface area contributed by atoms with Gasteiger partial charge in [-0.15, -0.1) is 0 Å². The van der Waals surface area contributed by atoms with Gasteiger partial charge in [0.25, 0.3) is 0 Å². The van der Waals surface area contributed by atoms with E-state index in [0.717, 1.165) is 12.2 Å². The molecule has 2 rings (SSSR count). The number of hydrogen-bond donors (Lipinski definition) is 2. The molecule has 0 spiro atoms. The summed E-state index contributed by atoms with van der Waals surface area (Å²) in [7, 11) is 0. The van der Waals surface area contributed by atoms with Gasteiger partial charge >= 0.3 is 0 Å². The summed E-state index contributed by atoms with van der Waals surface area (Å²) in [6.07, 6.45) is 0.999. The number of aryl methyl sites for hydroxylation is 1. The summed E-state index contributed by atoms with van der Waals surface area (Å²) >= 11 is 6.04.